The zero-order chi connectivity index (χ0) is 19.4. The summed E-state index contributed by atoms with van der Waals surface area (Å²) in [4.78, 5) is 14.7. The fourth-order valence-corrected chi connectivity index (χ4v) is 3.94. The van der Waals surface area contributed by atoms with Crippen molar-refractivity contribution in [3.63, 3.8) is 0 Å². The van der Waals surface area contributed by atoms with Crippen molar-refractivity contribution in [3.05, 3.63) is 58.6 Å². The number of amides is 1. The Morgan fingerprint density at radius 1 is 1.22 bits per heavy atom. The Balaban J connectivity index is 1.53. The Kier molecular flexibility index (Phi) is 5.92. The lowest BCUT2D eigenvalue weighted by Crippen LogP contribution is -2.29. The highest BCUT2D eigenvalue weighted by Gasteiger charge is 2.18. The second-order valence-electron chi connectivity index (χ2n) is 6.54. The van der Waals surface area contributed by atoms with E-state index in [2.05, 4.69) is 33.1 Å². The molecule has 0 saturated carbocycles. The van der Waals surface area contributed by atoms with E-state index in [9.17, 15) is 13.2 Å². The fourth-order valence-electron chi connectivity index (χ4n) is 3.18. The molecule has 0 spiro atoms. The molecule has 1 heterocycles. The number of anilines is 2. The van der Waals surface area contributed by atoms with Crippen molar-refractivity contribution in [2.24, 2.45) is 0 Å². The van der Waals surface area contributed by atoms with Crippen molar-refractivity contribution < 1.29 is 13.2 Å². The number of hydrogen-bond donors (Lipinski definition) is 2. The highest BCUT2D eigenvalue weighted by atomic mass is 35.5. The third-order valence-corrected chi connectivity index (χ3v) is 5.32. The van der Waals surface area contributed by atoms with Crippen LogP contribution in [-0.2, 0) is 16.4 Å². The van der Waals surface area contributed by atoms with E-state index in [0.29, 0.717) is 12.2 Å². The molecule has 0 bridgehead atoms. The Hall–Kier alpha value is -2.25. The standard InChI is InChI=1S/C19H22ClN3O3S/c1-27(25,26)22-15-7-8-17(20)16(13-15)19(24)21-10-4-11-23-12-9-14-5-2-3-6-18(14)23/h2-3,5-8,13,22H,4,9-12H2,1H3,(H,21,24). The van der Waals surface area contributed by atoms with Gasteiger partial charge >= 0.3 is 0 Å². The van der Waals surface area contributed by atoms with Crippen LogP contribution < -0.4 is 14.9 Å². The monoisotopic (exact) mass is 407 g/mol. The molecule has 3 rings (SSSR count). The number of benzene rings is 2. The zero-order valence-electron chi connectivity index (χ0n) is 15.0. The molecular weight excluding hydrogens is 386 g/mol. The van der Waals surface area contributed by atoms with Crippen LogP contribution in [0.3, 0.4) is 0 Å². The maximum Gasteiger partial charge on any atom is 0.252 e. The first-order chi connectivity index (χ1) is 12.8. The highest BCUT2D eigenvalue weighted by molar-refractivity contribution is 7.92. The number of para-hydroxylation sites is 1. The second kappa shape index (κ2) is 8.19. The molecule has 0 fully saturated rings. The third kappa shape index (κ3) is 5.14. The van der Waals surface area contributed by atoms with Gasteiger partial charge in [-0.15, -0.1) is 0 Å². The molecule has 6 nitrogen and oxygen atoms in total. The number of halogens is 1. The molecule has 8 heteroatoms. The molecule has 144 valence electrons. The third-order valence-electron chi connectivity index (χ3n) is 4.39. The predicted molar refractivity (Wildman–Crippen MR) is 109 cm³/mol. The Labute approximate surface area is 164 Å². The van der Waals surface area contributed by atoms with Crippen molar-refractivity contribution in [1.82, 2.24) is 5.32 Å². The summed E-state index contributed by atoms with van der Waals surface area (Å²) in [6.45, 7) is 2.37. The van der Waals surface area contributed by atoms with Crippen LogP contribution in [0, 0.1) is 0 Å². The summed E-state index contributed by atoms with van der Waals surface area (Å²) in [5.41, 5.74) is 3.19. The zero-order valence-corrected chi connectivity index (χ0v) is 16.6. The summed E-state index contributed by atoms with van der Waals surface area (Å²) in [5, 5.41) is 3.13. The largest absolute Gasteiger partial charge is 0.371 e. The van der Waals surface area contributed by atoms with E-state index < -0.39 is 10.0 Å². The Bertz CT molecular complexity index is 947. The Morgan fingerprint density at radius 2 is 2.00 bits per heavy atom. The molecule has 1 aliphatic heterocycles. The average Bonchev–Trinajstić information content (AvgIpc) is 3.02. The number of carbonyl (C=O) groups is 1. The predicted octanol–water partition coefficient (Wildman–Crippen LogP) is 2.89. The molecule has 0 unspecified atom stereocenters. The summed E-state index contributed by atoms with van der Waals surface area (Å²) in [7, 11) is -3.42. The van der Waals surface area contributed by atoms with E-state index in [1.54, 1.807) is 0 Å². The van der Waals surface area contributed by atoms with Gasteiger partial charge < -0.3 is 10.2 Å². The van der Waals surface area contributed by atoms with Gasteiger partial charge in [0.25, 0.3) is 5.91 Å². The molecule has 0 radical (unpaired) electrons. The maximum atomic E-state index is 12.4. The number of sulfonamides is 1. The molecule has 2 aromatic carbocycles. The topological polar surface area (TPSA) is 78.5 Å². The number of nitrogens with zero attached hydrogens (tertiary/aromatic N) is 1. The number of fused-ring (bicyclic) bond motifs is 1. The molecule has 27 heavy (non-hydrogen) atoms. The van der Waals surface area contributed by atoms with Crippen LogP contribution in [0.2, 0.25) is 5.02 Å². The first-order valence-corrected chi connectivity index (χ1v) is 11.0. The van der Waals surface area contributed by atoms with Gasteiger partial charge in [0.05, 0.1) is 16.8 Å². The molecular formula is C19H22ClN3O3S. The Morgan fingerprint density at radius 3 is 2.78 bits per heavy atom. The van der Waals surface area contributed by atoms with Gasteiger partial charge in [0.1, 0.15) is 0 Å². The molecule has 2 aromatic rings. The maximum absolute atomic E-state index is 12.4. The number of nitrogens with one attached hydrogen (secondary N) is 2. The van der Waals surface area contributed by atoms with E-state index in [1.807, 2.05) is 6.07 Å². The molecule has 2 N–H and O–H groups in total. The van der Waals surface area contributed by atoms with Crippen LogP contribution in [0.1, 0.15) is 22.3 Å². The smallest absolute Gasteiger partial charge is 0.252 e. The summed E-state index contributed by atoms with van der Waals surface area (Å²) in [6.07, 6.45) is 2.91. The van der Waals surface area contributed by atoms with Gasteiger partial charge in [0.15, 0.2) is 0 Å². The fraction of sp³-hybridized carbons (Fsp3) is 0.316. The van der Waals surface area contributed by atoms with Crippen LogP contribution in [-0.4, -0.2) is 40.2 Å². The van der Waals surface area contributed by atoms with Crippen LogP contribution in [0.15, 0.2) is 42.5 Å². The van der Waals surface area contributed by atoms with E-state index in [-0.39, 0.29) is 16.5 Å². The molecule has 0 aliphatic carbocycles. The van der Waals surface area contributed by atoms with Crippen LogP contribution in [0.4, 0.5) is 11.4 Å². The summed E-state index contributed by atoms with van der Waals surface area (Å²) in [6, 6.07) is 12.8. The summed E-state index contributed by atoms with van der Waals surface area (Å²) >= 11 is 6.09. The highest BCUT2D eigenvalue weighted by Crippen LogP contribution is 2.27. The minimum absolute atomic E-state index is 0.247. The van der Waals surface area contributed by atoms with Crippen LogP contribution >= 0.6 is 11.6 Å². The van der Waals surface area contributed by atoms with Crippen molar-refractivity contribution in [1.29, 1.82) is 0 Å². The van der Waals surface area contributed by atoms with E-state index in [4.69, 9.17) is 11.6 Å². The van der Waals surface area contributed by atoms with Gasteiger partial charge in [-0.05, 0) is 42.7 Å². The number of hydrogen-bond acceptors (Lipinski definition) is 4. The number of rotatable bonds is 7. The van der Waals surface area contributed by atoms with Gasteiger partial charge in [-0.2, -0.15) is 0 Å². The first-order valence-electron chi connectivity index (χ1n) is 8.72. The van der Waals surface area contributed by atoms with Gasteiger partial charge in [0.2, 0.25) is 10.0 Å². The normalized spacial score (nSPS) is 13.3. The first kappa shape index (κ1) is 19.5. The van der Waals surface area contributed by atoms with E-state index in [0.717, 1.165) is 32.2 Å². The summed E-state index contributed by atoms with van der Waals surface area (Å²) in [5.74, 6) is -0.320. The minimum atomic E-state index is -3.42. The van der Waals surface area contributed by atoms with Crippen molar-refractivity contribution in [2.75, 3.05) is 35.5 Å². The number of carbonyl (C=O) groups excluding carboxylic acids is 1. The van der Waals surface area contributed by atoms with Crippen LogP contribution in [0.5, 0.6) is 0 Å². The lowest BCUT2D eigenvalue weighted by molar-refractivity contribution is 0.0953. The molecule has 1 amide bonds. The van der Waals surface area contributed by atoms with Crippen molar-refractivity contribution in [2.45, 2.75) is 12.8 Å². The van der Waals surface area contributed by atoms with Gasteiger partial charge in [-0.1, -0.05) is 29.8 Å². The average molecular weight is 408 g/mol. The lowest BCUT2D eigenvalue weighted by Gasteiger charge is -2.19. The van der Waals surface area contributed by atoms with E-state index >= 15 is 0 Å². The molecule has 1 aliphatic rings. The SMILES string of the molecule is CS(=O)(=O)Nc1ccc(Cl)c(C(=O)NCCCN2CCc3ccccc32)c1. The van der Waals surface area contributed by atoms with Gasteiger partial charge in [-0.25, -0.2) is 8.42 Å². The minimum Gasteiger partial charge on any atom is -0.371 e. The molecule has 0 aromatic heterocycles. The van der Waals surface area contributed by atoms with Gasteiger partial charge in [-0.3, -0.25) is 9.52 Å². The van der Waals surface area contributed by atoms with E-state index in [1.165, 1.54) is 29.4 Å². The molecule has 0 atom stereocenters. The molecule has 0 saturated heterocycles. The van der Waals surface area contributed by atoms with Crippen LogP contribution in [0.25, 0.3) is 0 Å². The van der Waals surface area contributed by atoms with Crippen molar-refractivity contribution in [3.8, 4) is 0 Å². The quantitative estimate of drug-likeness (QED) is 0.692. The van der Waals surface area contributed by atoms with Gasteiger partial charge in [0, 0.05) is 31.0 Å². The van der Waals surface area contributed by atoms with Crippen molar-refractivity contribution >= 4 is 38.9 Å². The summed E-state index contributed by atoms with van der Waals surface area (Å²) < 4.78 is 25.0. The lowest BCUT2D eigenvalue weighted by atomic mass is 10.2. The second-order valence-corrected chi connectivity index (χ2v) is 8.70.